The number of piperidine rings is 1. The Balaban J connectivity index is 1.93. The second-order valence-electron chi connectivity index (χ2n) is 5.26. The summed E-state index contributed by atoms with van der Waals surface area (Å²) in [6.07, 6.45) is 3.39. The standard InChI is InChI=1S/C13H24N2O2/c1-3-11-4-5-14-12(8-11)13(16)15-6-7-17-9-10(15)2/h10-12,14H,3-9H2,1-2H3/t10-,11?,12?/m1/s1. The molecular weight excluding hydrogens is 216 g/mol. The first-order valence-corrected chi connectivity index (χ1v) is 6.84. The van der Waals surface area contributed by atoms with E-state index in [1.807, 2.05) is 4.90 Å². The van der Waals surface area contributed by atoms with Crippen LogP contribution < -0.4 is 5.32 Å². The fraction of sp³-hybridized carbons (Fsp3) is 0.923. The lowest BCUT2D eigenvalue weighted by molar-refractivity contribution is -0.142. The van der Waals surface area contributed by atoms with Crippen molar-refractivity contribution in [2.45, 2.75) is 45.2 Å². The van der Waals surface area contributed by atoms with E-state index < -0.39 is 0 Å². The number of hydrogen-bond acceptors (Lipinski definition) is 3. The van der Waals surface area contributed by atoms with E-state index in [1.165, 1.54) is 12.8 Å². The molecular formula is C13H24N2O2. The van der Waals surface area contributed by atoms with Crippen LogP contribution in [0.5, 0.6) is 0 Å². The molecule has 2 aliphatic heterocycles. The Labute approximate surface area is 104 Å². The van der Waals surface area contributed by atoms with Crippen LogP contribution in [0.3, 0.4) is 0 Å². The largest absolute Gasteiger partial charge is 0.377 e. The zero-order valence-electron chi connectivity index (χ0n) is 10.9. The highest BCUT2D eigenvalue weighted by atomic mass is 16.5. The lowest BCUT2D eigenvalue weighted by Gasteiger charge is -2.38. The number of ether oxygens (including phenoxy) is 1. The molecule has 0 radical (unpaired) electrons. The molecule has 0 aromatic rings. The van der Waals surface area contributed by atoms with Gasteiger partial charge in [-0.25, -0.2) is 0 Å². The van der Waals surface area contributed by atoms with Crippen LogP contribution >= 0.6 is 0 Å². The van der Waals surface area contributed by atoms with Gasteiger partial charge in [0.25, 0.3) is 0 Å². The molecule has 1 N–H and O–H groups in total. The van der Waals surface area contributed by atoms with Crippen molar-refractivity contribution in [3.05, 3.63) is 0 Å². The predicted molar refractivity (Wildman–Crippen MR) is 66.8 cm³/mol. The smallest absolute Gasteiger partial charge is 0.240 e. The summed E-state index contributed by atoms with van der Waals surface area (Å²) in [7, 11) is 0. The van der Waals surface area contributed by atoms with Crippen molar-refractivity contribution >= 4 is 5.91 Å². The third-order valence-corrected chi connectivity index (χ3v) is 4.04. The van der Waals surface area contributed by atoms with Crippen molar-refractivity contribution in [1.29, 1.82) is 0 Å². The van der Waals surface area contributed by atoms with E-state index in [0.29, 0.717) is 19.1 Å². The van der Waals surface area contributed by atoms with E-state index in [4.69, 9.17) is 4.74 Å². The molecule has 0 aromatic carbocycles. The second-order valence-corrected chi connectivity index (χ2v) is 5.26. The van der Waals surface area contributed by atoms with Crippen LogP contribution in [0.4, 0.5) is 0 Å². The van der Waals surface area contributed by atoms with Gasteiger partial charge in [0.05, 0.1) is 25.3 Å². The monoisotopic (exact) mass is 240 g/mol. The van der Waals surface area contributed by atoms with Gasteiger partial charge in [0.1, 0.15) is 0 Å². The molecule has 0 aliphatic carbocycles. The number of amides is 1. The van der Waals surface area contributed by atoms with E-state index in [-0.39, 0.29) is 18.0 Å². The molecule has 98 valence electrons. The molecule has 2 saturated heterocycles. The third kappa shape index (κ3) is 2.99. The van der Waals surface area contributed by atoms with Gasteiger partial charge >= 0.3 is 0 Å². The van der Waals surface area contributed by atoms with Crippen LogP contribution in [0.2, 0.25) is 0 Å². The normalized spacial score (nSPS) is 34.7. The molecule has 0 spiro atoms. The van der Waals surface area contributed by atoms with Crippen molar-refractivity contribution in [3.63, 3.8) is 0 Å². The lowest BCUT2D eigenvalue weighted by atomic mass is 9.89. The summed E-state index contributed by atoms with van der Waals surface area (Å²) in [5.74, 6) is 0.987. The molecule has 2 heterocycles. The topological polar surface area (TPSA) is 41.6 Å². The number of nitrogens with zero attached hydrogens (tertiary/aromatic N) is 1. The zero-order valence-corrected chi connectivity index (χ0v) is 10.9. The Morgan fingerprint density at radius 3 is 3.06 bits per heavy atom. The zero-order chi connectivity index (χ0) is 12.3. The van der Waals surface area contributed by atoms with Crippen molar-refractivity contribution in [1.82, 2.24) is 10.2 Å². The Hall–Kier alpha value is -0.610. The first-order chi connectivity index (χ1) is 8.22. The quantitative estimate of drug-likeness (QED) is 0.783. The Morgan fingerprint density at radius 1 is 1.53 bits per heavy atom. The fourth-order valence-electron chi connectivity index (χ4n) is 2.81. The van der Waals surface area contributed by atoms with E-state index in [9.17, 15) is 4.79 Å². The SMILES string of the molecule is CCC1CCNC(C(=O)N2CCOC[C@H]2C)C1. The van der Waals surface area contributed by atoms with Crippen LogP contribution in [0.15, 0.2) is 0 Å². The molecule has 0 bridgehead atoms. The highest BCUT2D eigenvalue weighted by molar-refractivity contribution is 5.82. The minimum atomic E-state index is 0.0363. The molecule has 2 unspecified atom stereocenters. The van der Waals surface area contributed by atoms with Crippen LogP contribution in [0, 0.1) is 5.92 Å². The summed E-state index contributed by atoms with van der Waals surface area (Å²) in [5.41, 5.74) is 0. The minimum absolute atomic E-state index is 0.0363. The van der Waals surface area contributed by atoms with Crippen LogP contribution in [0.25, 0.3) is 0 Å². The van der Waals surface area contributed by atoms with Crippen molar-refractivity contribution in [3.8, 4) is 0 Å². The van der Waals surface area contributed by atoms with Gasteiger partial charge in [-0.2, -0.15) is 0 Å². The van der Waals surface area contributed by atoms with E-state index in [0.717, 1.165) is 19.5 Å². The summed E-state index contributed by atoms with van der Waals surface area (Å²) in [4.78, 5) is 14.4. The minimum Gasteiger partial charge on any atom is -0.377 e. The average Bonchev–Trinajstić information content (AvgIpc) is 2.38. The molecule has 4 nitrogen and oxygen atoms in total. The number of nitrogens with one attached hydrogen (secondary N) is 1. The Bertz CT molecular complexity index is 270. The molecule has 2 rings (SSSR count). The van der Waals surface area contributed by atoms with Gasteiger partial charge in [-0.3, -0.25) is 4.79 Å². The van der Waals surface area contributed by atoms with Crippen molar-refractivity contribution < 1.29 is 9.53 Å². The molecule has 1 amide bonds. The maximum Gasteiger partial charge on any atom is 0.240 e. The summed E-state index contributed by atoms with van der Waals surface area (Å²) < 4.78 is 5.38. The van der Waals surface area contributed by atoms with E-state index in [1.54, 1.807) is 0 Å². The molecule has 4 heteroatoms. The molecule has 2 fully saturated rings. The molecule has 0 aromatic heterocycles. The van der Waals surface area contributed by atoms with E-state index >= 15 is 0 Å². The van der Waals surface area contributed by atoms with Gasteiger partial charge in [0.2, 0.25) is 5.91 Å². The molecule has 2 aliphatic rings. The van der Waals surface area contributed by atoms with Crippen LogP contribution in [0.1, 0.15) is 33.1 Å². The van der Waals surface area contributed by atoms with Crippen molar-refractivity contribution in [2.75, 3.05) is 26.3 Å². The maximum atomic E-state index is 12.4. The first kappa shape index (κ1) is 12.8. The highest BCUT2D eigenvalue weighted by Crippen LogP contribution is 2.21. The van der Waals surface area contributed by atoms with Gasteiger partial charge in [0.15, 0.2) is 0 Å². The molecule has 3 atom stereocenters. The summed E-state index contributed by atoms with van der Waals surface area (Å²) in [6.45, 7) is 7.37. The highest BCUT2D eigenvalue weighted by Gasteiger charge is 2.32. The van der Waals surface area contributed by atoms with Gasteiger partial charge in [-0.15, -0.1) is 0 Å². The number of hydrogen-bond donors (Lipinski definition) is 1. The van der Waals surface area contributed by atoms with Crippen molar-refractivity contribution in [2.24, 2.45) is 5.92 Å². The van der Waals surface area contributed by atoms with Gasteiger partial charge in [-0.05, 0) is 32.2 Å². The van der Waals surface area contributed by atoms with E-state index in [2.05, 4.69) is 19.2 Å². The number of carbonyl (C=O) groups is 1. The van der Waals surface area contributed by atoms with Gasteiger partial charge < -0.3 is 15.0 Å². The first-order valence-electron chi connectivity index (χ1n) is 6.84. The Morgan fingerprint density at radius 2 is 2.35 bits per heavy atom. The van der Waals surface area contributed by atoms with Gasteiger partial charge in [-0.1, -0.05) is 13.3 Å². The Kier molecular flexibility index (Phi) is 4.40. The van der Waals surface area contributed by atoms with Crippen LogP contribution in [-0.2, 0) is 9.53 Å². The number of rotatable bonds is 2. The molecule has 17 heavy (non-hydrogen) atoms. The van der Waals surface area contributed by atoms with Gasteiger partial charge in [0, 0.05) is 6.54 Å². The van der Waals surface area contributed by atoms with Crippen LogP contribution in [-0.4, -0.2) is 49.2 Å². The lowest BCUT2D eigenvalue weighted by Crippen LogP contribution is -2.56. The summed E-state index contributed by atoms with van der Waals surface area (Å²) in [6, 6.07) is 0.259. The maximum absolute atomic E-state index is 12.4. The summed E-state index contributed by atoms with van der Waals surface area (Å²) in [5, 5.41) is 3.37. The average molecular weight is 240 g/mol. The second kappa shape index (κ2) is 5.83. The number of morpholine rings is 1. The predicted octanol–water partition coefficient (Wildman–Crippen LogP) is 1.01. The number of carbonyl (C=O) groups excluding carboxylic acids is 1. The fourth-order valence-corrected chi connectivity index (χ4v) is 2.81. The molecule has 0 saturated carbocycles. The third-order valence-electron chi connectivity index (χ3n) is 4.04. The summed E-state index contributed by atoms with van der Waals surface area (Å²) >= 11 is 0.